The molecule has 4 aromatic rings. The second kappa shape index (κ2) is 5.58. The minimum absolute atomic E-state index is 0.985. The fourth-order valence-electron chi connectivity index (χ4n) is 2.90. The van der Waals surface area contributed by atoms with Crippen LogP contribution in [0.15, 0.2) is 85.4 Å². The molecule has 0 aliphatic heterocycles. The zero-order valence-electron chi connectivity index (χ0n) is 12.7. The number of aromatic nitrogens is 2. The molecule has 23 heavy (non-hydrogen) atoms. The van der Waals surface area contributed by atoms with Crippen molar-refractivity contribution in [1.29, 1.82) is 0 Å². The van der Waals surface area contributed by atoms with E-state index in [-0.39, 0.29) is 0 Å². The lowest BCUT2D eigenvalue weighted by atomic mass is 10.0. The maximum atomic E-state index is 4.71. The zero-order chi connectivity index (χ0) is 15.6. The molecule has 2 heteroatoms. The Labute approximate surface area is 135 Å². The largest absolute Gasteiger partial charge is 0.240 e. The van der Waals surface area contributed by atoms with Gasteiger partial charge in [0.05, 0.1) is 5.52 Å². The van der Waals surface area contributed by atoms with Gasteiger partial charge in [0.15, 0.2) is 0 Å². The summed E-state index contributed by atoms with van der Waals surface area (Å²) in [4.78, 5) is 0. The van der Waals surface area contributed by atoms with E-state index < -0.39 is 0 Å². The molecule has 110 valence electrons. The summed E-state index contributed by atoms with van der Waals surface area (Å²) in [5, 5.41) is 5.85. The van der Waals surface area contributed by atoms with Crippen molar-refractivity contribution < 1.29 is 0 Å². The Morgan fingerprint density at radius 3 is 2.04 bits per heavy atom. The molecule has 0 aliphatic rings. The van der Waals surface area contributed by atoms with Gasteiger partial charge in [-0.2, -0.15) is 5.10 Å². The minimum atomic E-state index is 0.985. The summed E-state index contributed by atoms with van der Waals surface area (Å²) in [6.07, 6.45) is 1.75. The summed E-state index contributed by atoms with van der Waals surface area (Å²) in [6.45, 7) is 3.87. The Morgan fingerprint density at radius 2 is 1.39 bits per heavy atom. The van der Waals surface area contributed by atoms with Crippen molar-refractivity contribution in [1.82, 2.24) is 9.78 Å². The Kier molecular flexibility index (Phi) is 3.28. The van der Waals surface area contributed by atoms with Gasteiger partial charge in [0.25, 0.3) is 0 Å². The predicted octanol–water partition coefficient (Wildman–Crippen LogP) is 5.47. The van der Waals surface area contributed by atoms with Crippen LogP contribution in [-0.4, -0.2) is 9.78 Å². The lowest BCUT2D eigenvalue weighted by Crippen LogP contribution is -1.87. The number of hydrogen-bond acceptors (Lipinski definition) is 1. The predicted molar refractivity (Wildman–Crippen MR) is 97.0 cm³/mol. The van der Waals surface area contributed by atoms with Gasteiger partial charge in [0.2, 0.25) is 0 Å². The molecule has 1 heterocycles. The van der Waals surface area contributed by atoms with Crippen LogP contribution in [0.2, 0.25) is 0 Å². The van der Waals surface area contributed by atoms with E-state index in [9.17, 15) is 0 Å². The fraction of sp³-hybridized carbons (Fsp3) is 0. The van der Waals surface area contributed by atoms with E-state index in [2.05, 4.69) is 61.2 Å². The Morgan fingerprint density at radius 1 is 0.739 bits per heavy atom. The molecule has 2 nitrogen and oxygen atoms in total. The molecule has 0 radical (unpaired) electrons. The van der Waals surface area contributed by atoms with E-state index >= 15 is 0 Å². The van der Waals surface area contributed by atoms with Crippen LogP contribution in [0.25, 0.3) is 39.5 Å². The van der Waals surface area contributed by atoms with Crippen LogP contribution < -0.4 is 0 Å². The minimum Gasteiger partial charge on any atom is -0.240 e. The first-order valence-electron chi connectivity index (χ1n) is 7.62. The number of benzene rings is 3. The monoisotopic (exact) mass is 296 g/mol. The van der Waals surface area contributed by atoms with Gasteiger partial charge in [-0.05, 0) is 23.3 Å². The third kappa shape index (κ3) is 2.34. The summed E-state index contributed by atoms with van der Waals surface area (Å²) in [5.74, 6) is 0. The molecule has 0 saturated heterocycles. The SMILES string of the molecule is C=Cn1nc(-c2ccccc2)c2cc(-c3ccccc3)ccc21. The van der Waals surface area contributed by atoms with Crippen LogP contribution in [0.1, 0.15) is 0 Å². The molecule has 0 atom stereocenters. The summed E-state index contributed by atoms with van der Waals surface area (Å²) < 4.78 is 1.84. The normalized spacial score (nSPS) is 10.8. The number of rotatable bonds is 3. The molecule has 0 bridgehead atoms. The maximum Gasteiger partial charge on any atom is 0.101 e. The zero-order valence-corrected chi connectivity index (χ0v) is 12.7. The molecule has 0 spiro atoms. The number of fused-ring (bicyclic) bond motifs is 1. The summed E-state index contributed by atoms with van der Waals surface area (Å²) in [7, 11) is 0. The van der Waals surface area contributed by atoms with Gasteiger partial charge in [-0.25, -0.2) is 4.68 Å². The molecule has 1 aromatic heterocycles. The van der Waals surface area contributed by atoms with E-state index in [0.29, 0.717) is 0 Å². The summed E-state index contributed by atoms with van der Waals surface area (Å²) in [6, 6.07) is 27.1. The lowest BCUT2D eigenvalue weighted by Gasteiger charge is -2.03. The van der Waals surface area contributed by atoms with Crippen molar-refractivity contribution in [3.05, 3.63) is 85.4 Å². The molecule has 0 saturated carbocycles. The first-order valence-corrected chi connectivity index (χ1v) is 7.62. The van der Waals surface area contributed by atoms with Gasteiger partial charge in [0, 0.05) is 17.1 Å². The lowest BCUT2D eigenvalue weighted by molar-refractivity contribution is 0.973. The summed E-state index contributed by atoms with van der Waals surface area (Å²) in [5.41, 5.74) is 5.57. The second-order valence-electron chi connectivity index (χ2n) is 5.44. The van der Waals surface area contributed by atoms with Crippen LogP contribution in [0.3, 0.4) is 0 Å². The third-order valence-electron chi connectivity index (χ3n) is 4.03. The molecule has 0 fully saturated rings. The Hall–Kier alpha value is -3.13. The highest BCUT2D eigenvalue weighted by Crippen LogP contribution is 2.31. The molecule has 0 N–H and O–H groups in total. The second-order valence-corrected chi connectivity index (χ2v) is 5.44. The average Bonchev–Trinajstić information content (AvgIpc) is 3.01. The van der Waals surface area contributed by atoms with Gasteiger partial charge < -0.3 is 0 Å². The molecule has 4 rings (SSSR count). The van der Waals surface area contributed by atoms with E-state index in [1.807, 2.05) is 28.9 Å². The van der Waals surface area contributed by atoms with Crippen molar-refractivity contribution in [2.75, 3.05) is 0 Å². The highest BCUT2D eigenvalue weighted by Gasteiger charge is 2.12. The van der Waals surface area contributed by atoms with Gasteiger partial charge in [-0.3, -0.25) is 0 Å². The summed E-state index contributed by atoms with van der Waals surface area (Å²) >= 11 is 0. The molecular formula is C21H16N2. The molecule has 3 aromatic carbocycles. The topological polar surface area (TPSA) is 17.8 Å². The molecule has 0 amide bonds. The van der Waals surface area contributed by atoms with Crippen LogP contribution in [-0.2, 0) is 0 Å². The Bertz CT molecular complexity index is 967. The third-order valence-corrected chi connectivity index (χ3v) is 4.03. The van der Waals surface area contributed by atoms with Crippen molar-refractivity contribution in [2.24, 2.45) is 0 Å². The van der Waals surface area contributed by atoms with Gasteiger partial charge in [-0.15, -0.1) is 0 Å². The van der Waals surface area contributed by atoms with Gasteiger partial charge in [0.1, 0.15) is 5.69 Å². The molecule has 0 aliphatic carbocycles. The van der Waals surface area contributed by atoms with Crippen molar-refractivity contribution in [3.63, 3.8) is 0 Å². The van der Waals surface area contributed by atoms with Crippen molar-refractivity contribution in [2.45, 2.75) is 0 Å². The van der Waals surface area contributed by atoms with Gasteiger partial charge in [-0.1, -0.05) is 73.3 Å². The van der Waals surface area contributed by atoms with Crippen LogP contribution in [0, 0.1) is 0 Å². The maximum absolute atomic E-state index is 4.71. The molecular weight excluding hydrogens is 280 g/mol. The standard InChI is InChI=1S/C21H16N2/c1-2-23-20-14-13-18(16-9-5-3-6-10-16)15-19(20)21(22-23)17-11-7-4-8-12-17/h2-15H,1H2. The van der Waals surface area contributed by atoms with E-state index in [0.717, 1.165) is 22.2 Å². The van der Waals surface area contributed by atoms with Crippen molar-refractivity contribution in [3.8, 4) is 22.4 Å². The first-order chi connectivity index (χ1) is 11.4. The first kappa shape index (κ1) is 13.5. The number of nitrogens with zero attached hydrogens (tertiary/aromatic N) is 2. The highest BCUT2D eigenvalue weighted by molar-refractivity contribution is 5.96. The average molecular weight is 296 g/mol. The fourth-order valence-corrected chi connectivity index (χ4v) is 2.90. The van der Waals surface area contributed by atoms with Gasteiger partial charge >= 0.3 is 0 Å². The van der Waals surface area contributed by atoms with E-state index in [4.69, 9.17) is 5.10 Å². The smallest absolute Gasteiger partial charge is 0.101 e. The highest BCUT2D eigenvalue weighted by atomic mass is 15.3. The molecule has 0 unspecified atom stereocenters. The Balaban J connectivity index is 1.98. The van der Waals surface area contributed by atoms with Crippen molar-refractivity contribution >= 4 is 17.1 Å². The van der Waals surface area contributed by atoms with Crippen LogP contribution in [0.4, 0.5) is 0 Å². The number of hydrogen-bond donors (Lipinski definition) is 0. The quantitative estimate of drug-likeness (QED) is 0.490. The van der Waals surface area contributed by atoms with E-state index in [1.165, 1.54) is 11.1 Å². The van der Waals surface area contributed by atoms with Crippen LogP contribution in [0.5, 0.6) is 0 Å². The van der Waals surface area contributed by atoms with E-state index in [1.54, 1.807) is 6.20 Å². The van der Waals surface area contributed by atoms with Crippen LogP contribution >= 0.6 is 0 Å².